The first-order valence-corrected chi connectivity index (χ1v) is 29.9. The fourth-order valence-corrected chi connectivity index (χ4v) is 11.5. The van der Waals surface area contributed by atoms with E-state index < -0.39 is 107 Å². The van der Waals surface area contributed by atoms with Gasteiger partial charge in [0.15, 0.2) is 0 Å². The highest BCUT2D eigenvalue weighted by molar-refractivity contribution is 5.89. The summed E-state index contributed by atoms with van der Waals surface area (Å²) in [6, 6.07) is 38.9. The van der Waals surface area contributed by atoms with Crippen LogP contribution in [0.3, 0.4) is 0 Å². The van der Waals surface area contributed by atoms with Crippen molar-refractivity contribution in [3.8, 4) is 0 Å². The first-order valence-electron chi connectivity index (χ1n) is 29.9. The molecule has 0 radical (unpaired) electrons. The Kier molecular flexibility index (Phi) is 23.7. The fourth-order valence-electron chi connectivity index (χ4n) is 11.5. The van der Waals surface area contributed by atoms with Crippen LogP contribution in [-0.4, -0.2) is 131 Å². The fraction of sp³-hybridized carbons (Fsp3) is 0.400. The molecule has 2 fully saturated rings. The van der Waals surface area contributed by atoms with Gasteiger partial charge >= 0.3 is 12.2 Å². The van der Waals surface area contributed by atoms with Gasteiger partial charge in [0, 0.05) is 63.5 Å². The van der Waals surface area contributed by atoms with E-state index in [-0.39, 0.29) is 38.0 Å². The first kappa shape index (κ1) is 67.6. The molecule has 0 bridgehead atoms. The van der Waals surface area contributed by atoms with E-state index in [9.17, 15) is 47.0 Å². The number of nitrogens with two attached hydrogens (primary N) is 1. The lowest BCUT2D eigenvalue weighted by molar-refractivity contribution is -0.154. The van der Waals surface area contributed by atoms with Gasteiger partial charge in [-0.15, -0.1) is 6.58 Å². The van der Waals surface area contributed by atoms with Crippen LogP contribution in [0.25, 0.3) is 0 Å². The highest BCUT2D eigenvalue weighted by Gasteiger charge is 2.52. The van der Waals surface area contributed by atoms with Crippen molar-refractivity contribution in [2.45, 2.75) is 166 Å². The molecular weight excluding hydrogens is 1130 g/mol. The van der Waals surface area contributed by atoms with Gasteiger partial charge in [-0.25, -0.2) is 27.2 Å². The average molecular weight is 1210 g/mol. The molecule has 8 atom stereocenters. The topological polar surface area (TPSA) is 169 Å². The summed E-state index contributed by atoms with van der Waals surface area (Å²) in [5, 5.41) is 24.2. The summed E-state index contributed by atoms with van der Waals surface area (Å²) in [4.78, 5) is 64.0. The lowest BCUT2D eigenvalue weighted by atomic mass is 9.89. The van der Waals surface area contributed by atoms with Crippen LogP contribution in [0.2, 0.25) is 0 Å². The Labute approximate surface area is 515 Å². The minimum atomic E-state index is -1.52. The Bertz CT molecular complexity index is 3160. The van der Waals surface area contributed by atoms with Crippen LogP contribution in [0.5, 0.6) is 0 Å². The van der Waals surface area contributed by atoms with E-state index in [1.165, 1.54) is 21.9 Å². The van der Waals surface area contributed by atoms with E-state index in [2.05, 4.69) is 6.58 Å². The van der Waals surface area contributed by atoms with Crippen molar-refractivity contribution in [3.05, 3.63) is 227 Å². The number of hydrogen-bond donors (Lipinski definition) is 3. The molecule has 6 aromatic rings. The Morgan fingerprint density at radius 1 is 0.580 bits per heavy atom. The standard InChI is InChI=1S/C42H47F2N3O4.C28H37F2N3O4/c1-5-15-36-29-46(28-32-20-13-8-14-21-32)40(49)38(47(36)41(50)51-42(2,3)4)39(48)37(24-33-22-34(43)25-35(44)23-33)45(26-30-16-9-6-10-17-30)27-31-18-11-7-12-19-31;1-5-9-22-17-32(16-18-10-7-6-8-11-18)26(35)24(33(22)27(36)37-28(2,3)4)25(34)23(31)14-19-12-20(29)15-21(30)13-19/h5-14,16-23,25,36-39,48H,1,15,24,26-29H2,2-4H3;6-8,10-13,15,22-25,34H,5,9,14,16-17,31H2,1-4H3/t36-,37+,38?,39-;22-,23-,24?,25-/m00/s1. The zero-order chi connectivity index (χ0) is 63.9. The van der Waals surface area contributed by atoms with Crippen molar-refractivity contribution in [3.63, 3.8) is 0 Å². The maximum Gasteiger partial charge on any atom is 0.411 e. The van der Waals surface area contributed by atoms with Crippen LogP contribution >= 0.6 is 0 Å². The first-order chi connectivity index (χ1) is 41.8. The molecule has 2 aliphatic heterocycles. The summed E-state index contributed by atoms with van der Waals surface area (Å²) in [5.41, 5.74) is 8.80. The molecule has 0 spiro atoms. The van der Waals surface area contributed by atoms with Crippen molar-refractivity contribution < 1.29 is 56.4 Å². The number of halogens is 4. The second-order valence-corrected chi connectivity index (χ2v) is 24.7. The van der Waals surface area contributed by atoms with Crippen LogP contribution in [0.4, 0.5) is 27.2 Å². The van der Waals surface area contributed by atoms with Gasteiger partial charge in [0.05, 0.1) is 24.3 Å². The Morgan fingerprint density at radius 2 is 0.943 bits per heavy atom. The Morgan fingerprint density at radius 3 is 1.33 bits per heavy atom. The zero-order valence-corrected chi connectivity index (χ0v) is 51.4. The Balaban J connectivity index is 0.000000265. The monoisotopic (exact) mass is 1210 g/mol. The molecule has 18 heteroatoms. The number of carbonyl (C=O) groups excluding carboxylic acids is 4. The van der Waals surface area contributed by atoms with Gasteiger partial charge in [0.2, 0.25) is 11.8 Å². The third kappa shape index (κ3) is 19.1. The van der Waals surface area contributed by atoms with Gasteiger partial charge < -0.3 is 35.2 Å². The lowest BCUT2D eigenvalue weighted by Gasteiger charge is -2.49. The largest absolute Gasteiger partial charge is 0.444 e. The number of carbonyl (C=O) groups is 4. The number of piperazine rings is 2. The van der Waals surface area contributed by atoms with Crippen LogP contribution in [0, 0.1) is 23.3 Å². The number of amides is 4. The second-order valence-electron chi connectivity index (χ2n) is 24.7. The van der Waals surface area contributed by atoms with Crippen LogP contribution < -0.4 is 5.73 Å². The summed E-state index contributed by atoms with van der Waals surface area (Å²) in [7, 11) is 0. The van der Waals surface area contributed by atoms with Crippen LogP contribution in [0.15, 0.2) is 170 Å². The Hall–Kier alpha value is -7.90. The third-order valence-electron chi connectivity index (χ3n) is 15.2. The molecule has 2 unspecified atom stereocenters. The van der Waals surface area contributed by atoms with E-state index in [1.807, 2.05) is 133 Å². The normalized spacial score (nSPS) is 18.7. The maximum absolute atomic E-state index is 14.8. The summed E-state index contributed by atoms with van der Waals surface area (Å²) in [6.07, 6.45) is -1.28. The quantitative estimate of drug-likeness (QED) is 0.0466. The van der Waals surface area contributed by atoms with Crippen molar-refractivity contribution in [2.75, 3.05) is 13.1 Å². The maximum atomic E-state index is 14.8. The molecule has 8 rings (SSSR count). The predicted molar refractivity (Wildman–Crippen MR) is 331 cm³/mol. The SMILES string of the molecule is C=CC[C@H]1CN(Cc2ccccc2)C(=O)C([C@@H](O)[C@@H](Cc2cc(F)cc(F)c2)N(Cc2ccccc2)Cc2ccccc2)N1C(=O)OC(C)(C)C.CCC[C@H]1CN(Cc2ccccc2)C(=O)C([C@@H](O)[C@@H](N)Cc2cc(F)cc(F)c2)N1C(=O)OC(C)(C)C. The van der Waals surface area contributed by atoms with E-state index in [4.69, 9.17) is 15.2 Å². The van der Waals surface area contributed by atoms with Gasteiger partial charge in [-0.1, -0.05) is 141 Å². The third-order valence-corrected chi connectivity index (χ3v) is 15.2. The molecule has 0 saturated carbocycles. The number of aliphatic hydroxyl groups is 2. The summed E-state index contributed by atoms with van der Waals surface area (Å²) >= 11 is 0. The average Bonchev–Trinajstić information content (AvgIpc) is 1.16. The predicted octanol–water partition coefficient (Wildman–Crippen LogP) is 11.5. The lowest BCUT2D eigenvalue weighted by Crippen LogP contribution is -2.69. The number of rotatable bonds is 21. The van der Waals surface area contributed by atoms with Crippen molar-refractivity contribution >= 4 is 24.0 Å². The molecule has 0 aliphatic carbocycles. The van der Waals surface area contributed by atoms with E-state index in [0.29, 0.717) is 38.0 Å². The van der Waals surface area contributed by atoms with Gasteiger partial charge in [0.1, 0.15) is 46.6 Å². The van der Waals surface area contributed by atoms with Crippen LogP contribution in [-0.2, 0) is 58.1 Å². The summed E-state index contributed by atoms with van der Waals surface area (Å²) in [5.74, 6) is -3.95. The van der Waals surface area contributed by atoms with Crippen molar-refractivity contribution in [1.82, 2.24) is 24.5 Å². The number of ether oxygens (including phenoxy) is 2. The summed E-state index contributed by atoms with van der Waals surface area (Å²) < 4.78 is 68.3. The smallest absolute Gasteiger partial charge is 0.411 e. The number of nitrogens with zero attached hydrogens (tertiary/aromatic N) is 5. The summed E-state index contributed by atoms with van der Waals surface area (Å²) in [6.45, 7) is 18.0. The molecule has 2 saturated heterocycles. The number of hydrogen-bond acceptors (Lipinski definition) is 10. The molecule has 4 N–H and O–H groups in total. The minimum absolute atomic E-state index is 0.0216. The van der Waals surface area contributed by atoms with Crippen LogP contribution in [0.1, 0.15) is 101 Å². The molecule has 88 heavy (non-hydrogen) atoms. The molecular formula is C70H84F4N6O8. The van der Waals surface area contributed by atoms with Gasteiger partial charge in [-0.2, -0.15) is 0 Å². The van der Waals surface area contributed by atoms with Crippen molar-refractivity contribution in [2.24, 2.45) is 5.73 Å². The molecule has 14 nitrogen and oxygen atoms in total. The number of benzene rings is 6. The van der Waals surface area contributed by atoms with E-state index >= 15 is 0 Å². The highest BCUT2D eigenvalue weighted by Crippen LogP contribution is 2.33. The molecule has 2 heterocycles. The zero-order valence-electron chi connectivity index (χ0n) is 51.4. The number of aliphatic hydroxyl groups excluding tert-OH is 2. The van der Waals surface area contributed by atoms with Gasteiger partial charge in [-0.3, -0.25) is 24.3 Å². The molecule has 6 aromatic carbocycles. The van der Waals surface area contributed by atoms with E-state index in [0.717, 1.165) is 52.9 Å². The highest BCUT2D eigenvalue weighted by atomic mass is 19.1. The second kappa shape index (κ2) is 30.8. The minimum Gasteiger partial charge on any atom is -0.444 e. The molecule has 4 amide bonds. The van der Waals surface area contributed by atoms with Gasteiger partial charge in [0.25, 0.3) is 0 Å². The molecule has 470 valence electrons. The van der Waals surface area contributed by atoms with Gasteiger partial charge in [-0.05, 0) is 125 Å². The molecule has 0 aromatic heterocycles. The van der Waals surface area contributed by atoms with Crippen molar-refractivity contribution in [1.29, 1.82) is 0 Å². The van der Waals surface area contributed by atoms with E-state index in [1.54, 1.807) is 57.4 Å². The molecule has 2 aliphatic rings.